The van der Waals surface area contributed by atoms with Gasteiger partial charge in [-0.25, -0.2) is 4.79 Å². The van der Waals surface area contributed by atoms with Gasteiger partial charge in [0.25, 0.3) is 0 Å². The zero-order valence-electron chi connectivity index (χ0n) is 20.8. The molecule has 0 bridgehead atoms. The van der Waals surface area contributed by atoms with Gasteiger partial charge in [-0.2, -0.15) is 0 Å². The quantitative estimate of drug-likeness (QED) is 0.101. The number of carboxylic acid groups (broad SMARTS) is 3. The van der Waals surface area contributed by atoms with Crippen molar-refractivity contribution in [2.75, 3.05) is 6.54 Å². The van der Waals surface area contributed by atoms with Crippen molar-refractivity contribution in [1.82, 2.24) is 16.0 Å². The number of carbonyl (C=O) groups excluding carboxylic acids is 3. The molecule has 4 atom stereocenters. The van der Waals surface area contributed by atoms with Crippen molar-refractivity contribution in [2.45, 2.75) is 69.1 Å². The Morgan fingerprint density at radius 1 is 0.737 bits per heavy atom. The van der Waals surface area contributed by atoms with Gasteiger partial charge in [0.1, 0.15) is 18.1 Å². The summed E-state index contributed by atoms with van der Waals surface area (Å²) in [5, 5.41) is 34.1. The maximum Gasteiger partial charge on any atom is 0.326 e. The van der Waals surface area contributed by atoms with E-state index in [0.717, 1.165) is 5.56 Å². The molecule has 0 fully saturated rings. The van der Waals surface area contributed by atoms with Gasteiger partial charge in [0.05, 0.1) is 12.5 Å². The number of benzene rings is 1. The maximum absolute atomic E-state index is 13.0. The Labute approximate surface area is 219 Å². The van der Waals surface area contributed by atoms with Crippen LogP contribution in [-0.2, 0) is 35.2 Å². The molecular weight excluding hydrogens is 502 g/mol. The van der Waals surface area contributed by atoms with Gasteiger partial charge in [0.2, 0.25) is 17.7 Å². The molecule has 14 heteroatoms. The maximum atomic E-state index is 13.0. The van der Waals surface area contributed by atoms with Crippen LogP contribution in [0.4, 0.5) is 0 Å². The molecule has 38 heavy (non-hydrogen) atoms. The van der Waals surface area contributed by atoms with E-state index in [4.69, 9.17) is 21.7 Å². The predicted octanol–water partition coefficient (Wildman–Crippen LogP) is -1.44. The van der Waals surface area contributed by atoms with Crippen molar-refractivity contribution < 1.29 is 44.1 Å². The molecule has 0 heterocycles. The Morgan fingerprint density at radius 2 is 1.29 bits per heavy atom. The van der Waals surface area contributed by atoms with Gasteiger partial charge < -0.3 is 42.7 Å². The highest BCUT2D eigenvalue weighted by atomic mass is 16.4. The van der Waals surface area contributed by atoms with Crippen LogP contribution in [-0.4, -0.2) is 81.7 Å². The fraction of sp³-hybridized carbons (Fsp3) is 0.500. The average Bonchev–Trinajstić information content (AvgIpc) is 2.85. The van der Waals surface area contributed by atoms with E-state index in [1.54, 1.807) is 30.3 Å². The van der Waals surface area contributed by atoms with Crippen LogP contribution in [0.3, 0.4) is 0 Å². The summed E-state index contributed by atoms with van der Waals surface area (Å²) in [6, 6.07) is 3.41. The molecule has 3 amide bonds. The molecule has 0 radical (unpaired) electrons. The minimum absolute atomic E-state index is 0.0291. The third kappa shape index (κ3) is 12.3. The zero-order valence-corrected chi connectivity index (χ0v) is 20.8. The molecule has 0 aliphatic carbocycles. The summed E-state index contributed by atoms with van der Waals surface area (Å²) < 4.78 is 0. The summed E-state index contributed by atoms with van der Waals surface area (Å²) in [7, 11) is 0. The van der Waals surface area contributed by atoms with E-state index in [2.05, 4.69) is 16.0 Å². The van der Waals surface area contributed by atoms with Crippen molar-refractivity contribution in [1.29, 1.82) is 0 Å². The number of carboxylic acids is 3. The van der Waals surface area contributed by atoms with E-state index in [1.165, 1.54) is 0 Å². The van der Waals surface area contributed by atoms with Crippen LogP contribution in [0.1, 0.15) is 44.1 Å². The van der Waals surface area contributed by atoms with Crippen molar-refractivity contribution in [3.8, 4) is 0 Å². The van der Waals surface area contributed by atoms with Gasteiger partial charge >= 0.3 is 17.9 Å². The first-order valence-corrected chi connectivity index (χ1v) is 12.0. The predicted molar refractivity (Wildman–Crippen MR) is 134 cm³/mol. The summed E-state index contributed by atoms with van der Waals surface area (Å²) in [5.74, 6) is -6.80. The highest BCUT2D eigenvalue weighted by Crippen LogP contribution is 2.07. The highest BCUT2D eigenvalue weighted by molar-refractivity contribution is 5.94. The molecule has 0 spiro atoms. The molecule has 14 nitrogen and oxygen atoms in total. The number of rotatable bonds is 18. The SMILES string of the molecule is NCCCCC(NC(=O)C(CCC(=O)O)NC(=O)C(N)Cc1ccccc1)C(=O)NC(CC(=O)O)C(=O)O. The summed E-state index contributed by atoms with van der Waals surface area (Å²) >= 11 is 0. The van der Waals surface area contributed by atoms with Gasteiger partial charge in [-0.05, 0) is 44.2 Å². The Morgan fingerprint density at radius 3 is 1.82 bits per heavy atom. The molecule has 0 saturated carbocycles. The van der Waals surface area contributed by atoms with Crippen molar-refractivity contribution in [2.24, 2.45) is 11.5 Å². The summed E-state index contributed by atoms with van der Waals surface area (Å²) in [6.07, 6.45) is -0.647. The lowest BCUT2D eigenvalue weighted by atomic mass is 10.0. The van der Waals surface area contributed by atoms with Crippen molar-refractivity contribution in [3.05, 3.63) is 35.9 Å². The molecule has 10 N–H and O–H groups in total. The third-order valence-electron chi connectivity index (χ3n) is 5.49. The van der Waals surface area contributed by atoms with Crippen LogP contribution in [0.5, 0.6) is 0 Å². The second-order valence-corrected chi connectivity index (χ2v) is 8.63. The van der Waals surface area contributed by atoms with Crippen LogP contribution in [0, 0.1) is 0 Å². The number of hydrogen-bond donors (Lipinski definition) is 8. The first kappa shape index (κ1) is 32.0. The Bertz CT molecular complexity index is 973. The summed E-state index contributed by atoms with van der Waals surface area (Å²) in [6.45, 7) is 0.287. The molecular formula is C24H35N5O9. The Hall–Kier alpha value is -4.04. The van der Waals surface area contributed by atoms with Crippen LogP contribution in [0.2, 0.25) is 0 Å². The Balaban J connectivity index is 3.01. The third-order valence-corrected chi connectivity index (χ3v) is 5.49. The summed E-state index contributed by atoms with van der Waals surface area (Å²) in [5.41, 5.74) is 12.2. The van der Waals surface area contributed by atoms with Gasteiger partial charge in [-0.15, -0.1) is 0 Å². The van der Waals surface area contributed by atoms with Crippen LogP contribution >= 0.6 is 0 Å². The molecule has 0 aromatic heterocycles. The number of aliphatic carboxylic acids is 3. The fourth-order valence-electron chi connectivity index (χ4n) is 3.46. The van der Waals surface area contributed by atoms with Crippen LogP contribution in [0.25, 0.3) is 0 Å². The van der Waals surface area contributed by atoms with E-state index < -0.39 is 72.6 Å². The normalized spacial score (nSPS) is 13.8. The van der Waals surface area contributed by atoms with Crippen molar-refractivity contribution >= 4 is 35.6 Å². The first-order chi connectivity index (χ1) is 17.9. The number of carbonyl (C=O) groups is 6. The van der Waals surface area contributed by atoms with E-state index in [0.29, 0.717) is 12.8 Å². The monoisotopic (exact) mass is 537 g/mol. The van der Waals surface area contributed by atoms with Gasteiger partial charge in [-0.1, -0.05) is 30.3 Å². The standard InChI is InChI=1S/C24H35N5O9/c25-11-5-4-8-16(22(35)29-18(24(37)38)13-20(32)33)28-23(36)17(9-10-19(30)31)27-21(34)15(26)12-14-6-2-1-3-7-14/h1-3,6-7,15-18H,4-5,8-13,25-26H2,(H,27,34)(H,28,36)(H,29,35)(H,30,31)(H,32,33)(H,37,38). The van der Waals surface area contributed by atoms with Gasteiger partial charge in [-0.3, -0.25) is 24.0 Å². The van der Waals surface area contributed by atoms with Crippen molar-refractivity contribution in [3.63, 3.8) is 0 Å². The number of amides is 3. The van der Waals surface area contributed by atoms with Gasteiger partial charge in [0.15, 0.2) is 0 Å². The first-order valence-electron chi connectivity index (χ1n) is 12.0. The summed E-state index contributed by atoms with van der Waals surface area (Å²) in [4.78, 5) is 71.9. The Kier molecular flexibility index (Phi) is 14.0. The number of nitrogens with one attached hydrogen (secondary N) is 3. The zero-order chi connectivity index (χ0) is 28.7. The van der Waals surface area contributed by atoms with E-state index >= 15 is 0 Å². The largest absolute Gasteiger partial charge is 0.481 e. The molecule has 0 aliphatic heterocycles. The smallest absolute Gasteiger partial charge is 0.326 e. The molecule has 1 aromatic carbocycles. The fourth-order valence-corrected chi connectivity index (χ4v) is 3.46. The number of hydrogen-bond acceptors (Lipinski definition) is 8. The van der Waals surface area contributed by atoms with E-state index in [9.17, 15) is 33.9 Å². The van der Waals surface area contributed by atoms with Gasteiger partial charge in [0, 0.05) is 6.42 Å². The molecule has 210 valence electrons. The second-order valence-electron chi connectivity index (χ2n) is 8.63. The van der Waals surface area contributed by atoms with E-state index in [1.807, 2.05) is 0 Å². The minimum atomic E-state index is -1.74. The van der Waals surface area contributed by atoms with E-state index in [-0.39, 0.29) is 25.8 Å². The second kappa shape index (κ2) is 16.7. The molecule has 1 rings (SSSR count). The van der Waals surface area contributed by atoms with Crippen LogP contribution in [0.15, 0.2) is 30.3 Å². The highest BCUT2D eigenvalue weighted by Gasteiger charge is 2.31. The lowest BCUT2D eigenvalue weighted by molar-refractivity contribution is -0.147. The lowest BCUT2D eigenvalue weighted by Crippen LogP contribution is -2.57. The molecule has 0 aliphatic rings. The lowest BCUT2D eigenvalue weighted by Gasteiger charge is -2.25. The number of unbranched alkanes of at least 4 members (excludes halogenated alkanes) is 1. The molecule has 0 saturated heterocycles. The topological polar surface area (TPSA) is 251 Å². The minimum Gasteiger partial charge on any atom is -0.481 e. The average molecular weight is 538 g/mol. The molecule has 1 aromatic rings. The van der Waals surface area contributed by atoms with Crippen LogP contribution < -0.4 is 27.4 Å². The molecule has 4 unspecified atom stereocenters. The number of nitrogens with two attached hydrogens (primary N) is 2.